The molecular formula is C18H21NO3. The molecule has 2 aromatic carbocycles. The van der Waals surface area contributed by atoms with Gasteiger partial charge in [-0.3, -0.25) is 0 Å². The summed E-state index contributed by atoms with van der Waals surface area (Å²) in [6, 6.07) is 16.1. The topological polar surface area (TPSA) is 50.7 Å². The first-order chi connectivity index (χ1) is 10.8. The second-order valence-corrected chi connectivity index (χ2v) is 5.48. The molecule has 1 aliphatic heterocycles. The van der Waals surface area contributed by atoms with E-state index in [1.165, 1.54) is 5.56 Å². The quantitative estimate of drug-likeness (QED) is 0.891. The van der Waals surface area contributed by atoms with E-state index in [1.807, 2.05) is 24.3 Å². The molecule has 2 aromatic rings. The van der Waals surface area contributed by atoms with Crippen molar-refractivity contribution in [1.29, 1.82) is 0 Å². The number of hydrogen-bond acceptors (Lipinski definition) is 4. The van der Waals surface area contributed by atoms with Gasteiger partial charge in [0.15, 0.2) is 11.5 Å². The van der Waals surface area contributed by atoms with Gasteiger partial charge in [-0.1, -0.05) is 36.4 Å². The van der Waals surface area contributed by atoms with Gasteiger partial charge in [-0.25, -0.2) is 0 Å². The van der Waals surface area contributed by atoms with Crippen molar-refractivity contribution in [1.82, 2.24) is 5.32 Å². The van der Waals surface area contributed by atoms with Crippen molar-refractivity contribution in [2.24, 2.45) is 0 Å². The van der Waals surface area contributed by atoms with Crippen molar-refractivity contribution in [3.8, 4) is 11.5 Å². The highest BCUT2D eigenvalue weighted by Gasteiger charge is 2.28. The van der Waals surface area contributed by atoms with Crippen LogP contribution in [-0.2, 0) is 11.3 Å². The lowest BCUT2D eigenvalue weighted by molar-refractivity contribution is 0.0985. The Morgan fingerprint density at radius 2 is 2.05 bits per heavy atom. The molecule has 0 radical (unpaired) electrons. The van der Waals surface area contributed by atoms with E-state index in [2.05, 4.69) is 17.4 Å². The van der Waals surface area contributed by atoms with E-state index in [4.69, 9.17) is 9.47 Å². The summed E-state index contributed by atoms with van der Waals surface area (Å²) in [7, 11) is 1.55. The molecule has 1 fully saturated rings. The summed E-state index contributed by atoms with van der Waals surface area (Å²) in [6.45, 7) is 1.46. The van der Waals surface area contributed by atoms with Gasteiger partial charge in [-0.05, 0) is 29.7 Å². The van der Waals surface area contributed by atoms with Crippen molar-refractivity contribution >= 4 is 0 Å². The molecular weight excluding hydrogens is 278 g/mol. The molecule has 2 N–H and O–H groups in total. The van der Waals surface area contributed by atoms with Crippen molar-refractivity contribution in [3.05, 3.63) is 59.7 Å². The van der Waals surface area contributed by atoms with Crippen LogP contribution in [0.4, 0.5) is 0 Å². The largest absolute Gasteiger partial charge is 0.504 e. The fourth-order valence-corrected chi connectivity index (χ4v) is 2.86. The molecule has 0 saturated carbocycles. The molecule has 116 valence electrons. The summed E-state index contributed by atoms with van der Waals surface area (Å²) in [4.78, 5) is 0. The van der Waals surface area contributed by atoms with E-state index in [-0.39, 0.29) is 17.9 Å². The standard InChI is InChI=1S/C18H21NO3/c1-21-17-8-7-13(11-16(17)20)12-19-15-9-10-22-18(15)14-5-3-2-4-6-14/h2-8,11,15,18-20H,9-10,12H2,1H3/t15-,18-/m0/s1. The summed E-state index contributed by atoms with van der Waals surface area (Å²) in [6.07, 6.45) is 1.08. The average Bonchev–Trinajstić information content (AvgIpc) is 3.02. The summed E-state index contributed by atoms with van der Waals surface area (Å²) < 4.78 is 10.9. The molecule has 0 unspecified atom stereocenters. The predicted octanol–water partition coefficient (Wildman–Crippen LogP) is 3.02. The Bertz CT molecular complexity index is 615. The highest BCUT2D eigenvalue weighted by atomic mass is 16.5. The third-order valence-corrected chi connectivity index (χ3v) is 4.03. The summed E-state index contributed by atoms with van der Waals surface area (Å²) in [5, 5.41) is 13.4. The Hall–Kier alpha value is -2.04. The summed E-state index contributed by atoms with van der Waals surface area (Å²) >= 11 is 0. The third kappa shape index (κ3) is 3.24. The minimum Gasteiger partial charge on any atom is -0.504 e. The Morgan fingerprint density at radius 3 is 2.77 bits per heavy atom. The van der Waals surface area contributed by atoms with E-state index >= 15 is 0 Å². The zero-order chi connectivity index (χ0) is 15.4. The normalized spacial score (nSPS) is 21.0. The first kappa shape index (κ1) is 14.9. The lowest BCUT2D eigenvalue weighted by atomic mass is 10.0. The summed E-state index contributed by atoms with van der Waals surface area (Å²) in [5.74, 6) is 0.666. The molecule has 3 rings (SSSR count). The number of benzene rings is 2. The second kappa shape index (κ2) is 6.81. The molecule has 22 heavy (non-hydrogen) atoms. The van der Waals surface area contributed by atoms with Gasteiger partial charge in [-0.15, -0.1) is 0 Å². The van der Waals surface area contributed by atoms with Gasteiger partial charge in [-0.2, -0.15) is 0 Å². The average molecular weight is 299 g/mol. The van der Waals surface area contributed by atoms with Crippen LogP contribution in [0.15, 0.2) is 48.5 Å². The number of phenolic OH excluding ortho intramolecular Hbond substituents is 1. The van der Waals surface area contributed by atoms with Crippen LogP contribution in [-0.4, -0.2) is 24.9 Å². The van der Waals surface area contributed by atoms with Crippen LogP contribution in [0.3, 0.4) is 0 Å². The fraction of sp³-hybridized carbons (Fsp3) is 0.333. The van der Waals surface area contributed by atoms with Crippen LogP contribution < -0.4 is 10.1 Å². The number of hydrogen-bond donors (Lipinski definition) is 2. The predicted molar refractivity (Wildman–Crippen MR) is 85.0 cm³/mol. The number of rotatable bonds is 5. The van der Waals surface area contributed by atoms with E-state index in [1.54, 1.807) is 19.2 Å². The highest BCUT2D eigenvalue weighted by molar-refractivity contribution is 5.41. The molecule has 0 bridgehead atoms. The Balaban J connectivity index is 1.64. The summed E-state index contributed by atoms with van der Waals surface area (Å²) in [5.41, 5.74) is 2.23. The second-order valence-electron chi connectivity index (χ2n) is 5.48. The molecule has 1 saturated heterocycles. The number of ether oxygens (including phenoxy) is 2. The fourth-order valence-electron chi connectivity index (χ4n) is 2.86. The van der Waals surface area contributed by atoms with Gasteiger partial charge in [0.05, 0.1) is 13.2 Å². The molecule has 2 atom stereocenters. The van der Waals surface area contributed by atoms with Gasteiger partial charge in [0, 0.05) is 19.2 Å². The molecule has 0 aromatic heterocycles. The molecule has 0 amide bonds. The lowest BCUT2D eigenvalue weighted by Crippen LogP contribution is -2.31. The first-order valence-corrected chi connectivity index (χ1v) is 7.54. The monoisotopic (exact) mass is 299 g/mol. The Kier molecular flexibility index (Phi) is 4.61. The van der Waals surface area contributed by atoms with Gasteiger partial charge in [0.2, 0.25) is 0 Å². The smallest absolute Gasteiger partial charge is 0.160 e. The highest BCUT2D eigenvalue weighted by Crippen LogP contribution is 2.30. The van der Waals surface area contributed by atoms with Crippen molar-refractivity contribution < 1.29 is 14.6 Å². The Labute approximate surface area is 130 Å². The van der Waals surface area contributed by atoms with Crippen molar-refractivity contribution in [2.45, 2.75) is 25.1 Å². The number of aromatic hydroxyl groups is 1. The van der Waals surface area contributed by atoms with Gasteiger partial charge >= 0.3 is 0 Å². The molecule has 4 heteroatoms. The third-order valence-electron chi connectivity index (χ3n) is 4.03. The van der Waals surface area contributed by atoms with Crippen LogP contribution in [0.25, 0.3) is 0 Å². The minimum atomic E-state index is 0.0908. The zero-order valence-corrected chi connectivity index (χ0v) is 12.7. The van der Waals surface area contributed by atoms with E-state index in [0.717, 1.165) is 18.6 Å². The maximum atomic E-state index is 9.84. The van der Waals surface area contributed by atoms with Crippen LogP contribution >= 0.6 is 0 Å². The lowest BCUT2D eigenvalue weighted by Gasteiger charge is -2.20. The first-order valence-electron chi connectivity index (χ1n) is 7.54. The van der Waals surface area contributed by atoms with E-state index in [0.29, 0.717) is 12.3 Å². The number of methoxy groups -OCH3 is 1. The van der Waals surface area contributed by atoms with Crippen LogP contribution in [0, 0.1) is 0 Å². The van der Waals surface area contributed by atoms with Crippen LogP contribution in [0.5, 0.6) is 11.5 Å². The van der Waals surface area contributed by atoms with Gasteiger partial charge in [0.25, 0.3) is 0 Å². The molecule has 0 aliphatic carbocycles. The number of nitrogens with one attached hydrogen (secondary N) is 1. The van der Waals surface area contributed by atoms with Crippen LogP contribution in [0.1, 0.15) is 23.7 Å². The van der Waals surface area contributed by atoms with Crippen molar-refractivity contribution in [3.63, 3.8) is 0 Å². The number of phenols is 1. The van der Waals surface area contributed by atoms with E-state index < -0.39 is 0 Å². The van der Waals surface area contributed by atoms with Crippen molar-refractivity contribution in [2.75, 3.05) is 13.7 Å². The van der Waals surface area contributed by atoms with Crippen LogP contribution in [0.2, 0.25) is 0 Å². The van der Waals surface area contributed by atoms with E-state index in [9.17, 15) is 5.11 Å². The SMILES string of the molecule is COc1ccc(CN[C@H]2CCO[C@H]2c2ccccc2)cc1O. The van der Waals surface area contributed by atoms with Gasteiger partial charge in [0.1, 0.15) is 0 Å². The zero-order valence-electron chi connectivity index (χ0n) is 12.7. The molecule has 1 heterocycles. The minimum absolute atomic E-state index is 0.0908. The maximum absolute atomic E-state index is 9.84. The van der Waals surface area contributed by atoms with Gasteiger partial charge < -0.3 is 19.9 Å². The molecule has 1 aliphatic rings. The molecule has 0 spiro atoms. The maximum Gasteiger partial charge on any atom is 0.160 e. The Morgan fingerprint density at radius 1 is 1.23 bits per heavy atom. The molecule has 4 nitrogen and oxygen atoms in total.